The summed E-state index contributed by atoms with van der Waals surface area (Å²) in [6.07, 6.45) is 0. The van der Waals surface area contributed by atoms with Crippen LogP contribution in [0.3, 0.4) is 0 Å². The fraction of sp³-hybridized carbons (Fsp3) is 0. The van der Waals surface area contributed by atoms with Crippen LogP contribution in [0.2, 0.25) is 0 Å². The van der Waals surface area contributed by atoms with Gasteiger partial charge >= 0.3 is 0 Å². The van der Waals surface area contributed by atoms with Crippen molar-refractivity contribution in [3.8, 4) is 51.0 Å². The summed E-state index contributed by atoms with van der Waals surface area (Å²) < 4.78 is 238. The van der Waals surface area contributed by atoms with Crippen molar-refractivity contribution in [2.75, 3.05) is 0 Å². The fourth-order valence-electron chi connectivity index (χ4n) is 6.80. The molecule has 0 N–H and O–H groups in total. The number of benzene rings is 8. The number of rotatable bonds is 5. The van der Waals surface area contributed by atoms with Crippen molar-refractivity contribution in [2.45, 2.75) is 0 Å². The van der Waals surface area contributed by atoms with Crippen molar-refractivity contribution in [3.05, 3.63) is 181 Å². The molecule has 12 rings (SSSR count). The lowest BCUT2D eigenvalue weighted by Gasteiger charge is -2.11. The maximum absolute atomic E-state index is 9.93. The van der Waals surface area contributed by atoms with Gasteiger partial charge in [0.15, 0.2) is 11.6 Å². The van der Waals surface area contributed by atoms with Crippen LogP contribution in [0.5, 0.6) is 0 Å². The van der Waals surface area contributed by atoms with Crippen molar-refractivity contribution < 1.29 is 43.1 Å². The van der Waals surface area contributed by atoms with E-state index < -0.39 is 235 Å². The molecular formula is C51H30N4O2. The van der Waals surface area contributed by atoms with Crippen LogP contribution in [-0.4, -0.2) is 19.5 Å². The SMILES string of the molecule is [2H]c1c([2H])c([2H])c(-c2nc(-c3c([2H])c([2H])c4c(oc5c([2H])c([2H])c([2H])c(-c6c([2H])c([2H])c([2H])c([2H])c6[2H])c54)c3[2H])nc(-n3c4c([2H])c([2H])c([2H])c([2H])c4c4c([2H])c5c(oc6c(-c7ccccc7)c([2H])c([2H])c([2H])c65)c([2H])c43)n2)c([2H])c1[2H]. The Morgan fingerprint density at radius 1 is 0.421 bits per heavy atom. The molecule has 0 unspecified atom stereocenters. The van der Waals surface area contributed by atoms with Crippen molar-refractivity contribution in [1.29, 1.82) is 0 Å². The molecule has 6 nitrogen and oxygen atoms in total. The zero-order chi connectivity index (χ0) is 59.2. The molecule has 0 aliphatic carbocycles. The Hall–Kier alpha value is -7.83. The summed E-state index contributed by atoms with van der Waals surface area (Å²) in [5.74, 6) is -2.44. The van der Waals surface area contributed by atoms with Gasteiger partial charge in [-0.2, -0.15) is 9.97 Å². The van der Waals surface area contributed by atoms with Gasteiger partial charge in [0.25, 0.3) is 0 Å². The standard InChI is InChI=1S/C51H30N4O2/c1-4-14-31(15-5-1)35-21-13-25-44-47(35)39-27-26-34(28-45(39)56-44)50-52-49(33-18-8-3-9-19-33)53-51(54-50)55-42-24-11-10-20-37(42)40-29-41-38-23-12-22-36(32-16-6-2-7-17-32)48(38)57-46(41)30-43(40)55/h1-30H/i1D,3D,4D,5D,8D,9D,10D,11D,12D,13D,14D,15D,18D,19D,20D,21D,22D,23D,24D,25D,26D,27D,28D,29D,30D. The van der Waals surface area contributed by atoms with E-state index in [0.717, 1.165) is 4.57 Å². The van der Waals surface area contributed by atoms with E-state index in [1.54, 1.807) is 30.3 Å². The minimum atomic E-state index is -0.949. The Morgan fingerprint density at radius 2 is 1.12 bits per heavy atom. The number of nitrogens with zero attached hydrogens (tertiary/aromatic N) is 4. The van der Waals surface area contributed by atoms with Crippen molar-refractivity contribution in [3.63, 3.8) is 0 Å². The molecule has 0 aliphatic rings. The predicted octanol–water partition coefficient (Wildman–Crippen LogP) is 13.4. The van der Waals surface area contributed by atoms with Crippen LogP contribution in [0.15, 0.2) is 190 Å². The molecule has 4 heterocycles. The highest BCUT2D eigenvalue weighted by Crippen LogP contribution is 2.42. The largest absolute Gasteiger partial charge is 0.456 e. The number of hydrogen-bond acceptors (Lipinski definition) is 5. The molecule has 0 bridgehead atoms. The monoisotopic (exact) mass is 755 g/mol. The Balaban J connectivity index is 1.26. The van der Waals surface area contributed by atoms with E-state index in [9.17, 15) is 9.60 Å². The van der Waals surface area contributed by atoms with Crippen LogP contribution in [0.4, 0.5) is 0 Å². The Morgan fingerprint density at radius 3 is 1.96 bits per heavy atom. The second-order valence-corrected chi connectivity index (χ2v) is 12.5. The van der Waals surface area contributed by atoms with E-state index in [1.165, 1.54) is 0 Å². The van der Waals surface area contributed by atoms with Gasteiger partial charge in [-0.15, -0.1) is 0 Å². The first-order chi connectivity index (χ1) is 38.7. The minimum absolute atomic E-state index is 0.0217. The molecule has 0 amide bonds. The Labute approximate surface area is 361 Å². The third kappa shape index (κ3) is 4.94. The van der Waals surface area contributed by atoms with E-state index >= 15 is 0 Å². The fourth-order valence-corrected chi connectivity index (χ4v) is 6.80. The van der Waals surface area contributed by atoms with Crippen molar-refractivity contribution in [1.82, 2.24) is 19.5 Å². The highest BCUT2D eigenvalue weighted by molar-refractivity contribution is 6.18. The highest BCUT2D eigenvalue weighted by atomic mass is 16.3. The van der Waals surface area contributed by atoms with Gasteiger partial charge in [0, 0.05) is 55.1 Å². The van der Waals surface area contributed by atoms with Gasteiger partial charge in [0.05, 0.1) is 45.3 Å². The first kappa shape index (κ1) is 15.7. The van der Waals surface area contributed by atoms with E-state index in [2.05, 4.69) is 15.0 Å². The molecule has 4 aromatic heterocycles. The molecule has 12 aromatic rings. The zero-order valence-electron chi connectivity index (χ0n) is 53.5. The maximum Gasteiger partial charge on any atom is 0.238 e. The lowest BCUT2D eigenvalue weighted by Crippen LogP contribution is -2.06. The van der Waals surface area contributed by atoms with Crippen LogP contribution >= 0.6 is 0 Å². The predicted molar refractivity (Wildman–Crippen MR) is 230 cm³/mol. The third-order valence-electron chi connectivity index (χ3n) is 9.25. The van der Waals surface area contributed by atoms with E-state index in [4.69, 9.17) is 33.5 Å². The minimum Gasteiger partial charge on any atom is -0.456 e. The highest BCUT2D eigenvalue weighted by Gasteiger charge is 2.22. The van der Waals surface area contributed by atoms with Gasteiger partial charge < -0.3 is 8.83 Å². The quantitative estimate of drug-likeness (QED) is 0.175. The van der Waals surface area contributed by atoms with Crippen LogP contribution in [-0.2, 0) is 0 Å². The van der Waals surface area contributed by atoms with Crippen LogP contribution in [0, 0.1) is 0 Å². The molecular weight excluding hydrogens is 701 g/mol. The van der Waals surface area contributed by atoms with Gasteiger partial charge in [0.1, 0.15) is 22.3 Å². The van der Waals surface area contributed by atoms with Crippen LogP contribution in [0.1, 0.15) is 34.3 Å². The summed E-state index contributed by atoms with van der Waals surface area (Å²) in [5.41, 5.74) is -5.18. The van der Waals surface area contributed by atoms with Crippen LogP contribution in [0.25, 0.3) is 117 Å². The van der Waals surface area contributed by atoms with E-state index in [-0.39, 0.29) is 27.3 Å². The summed E-state index contributed by atoms with van der Waals surface area (Å²) in [6.45, 7) is 0. The lowest BCUT2D eigenvalue weighted by atomic mass is 9.99. The molecule has 0 aliphatic heterocycles. The number of furan rings is 2. The molecule has 0 saturated heterocycles. The van der Waals surface area contributed by atoms with Gasteiger partial charge in [-0.1, -0.05) is 145 Å². The molecule has 57 heavy (non-hydrogen) atoms. The number of hydrogen-bond donors (Lipinski definition) is 0. The summed E-state index contributed by atoms with van der Waals surface area (Å²) in [6, 6.07) is -11.6. The Kier molecular flexibility index (Phi) is 3.41. The van der Waals surface area contributed by atoms with Gasteiger partial charge in [0.2, 0.25) is 5.95 Å². The summed E-state index contributed by atoms with van der Waals surface area (Å²) in [7, 11) is 0. The van der Waals surface area contributed by atoms with E-state index in [0.29, 0.717) is 5.56 Å². The molecule has 0 saturated carbocycles. The van der Waals surface area contributed by atoms with Crippen molar-refractivity contribution >= 4 is 65.7 Å². The molecule has 0 atom stereocenters. The average Bonchev–Trinajstić information content (AvgIpc) is 4.35. The first-order valence-corrected chi connectivity index (χ1v) is 17.0. The van der Waals surface area contributed by atoms with Gasteiger partial charge in [-0.3, -0.25) is 4.57 Å². The third-order valence-corrected chi connectivity index (χ3v) is 9.25. The average molecular weight is 756 g/mol. The van der Waals surface area contributed by atoms with E-state index in [1.807, 2.05) is 0 Å². The second-order valence-electron chi connectivity index (χ2n) is 12.5. The normalized spacial score (nSPS) is 18.0. The van der Waals surface area contributed by atoms with Gasteiger partial charge in [-0.25, -0.2) is 4.98 Å². The molecule has 6 heteroatoms. The summed E-state index contributed by atoms with van der Waals surface area (Å²) in [5, 5.41) is -2.22. The summed E-state index contributed by atoms with van der Waals surface area (Å²) >= 11 is 0. The summed E-state index contributed by atoms with van der Waals surface area (Å²) in [4.78, 5) is 13.6. The second kappa shape index (κ2) is 12.3. The van der Waals surface area contributed by atoms with Crippen molar-refractivity contribution in [2.24, 2.45) is 0 Å². The lowest BCUT2D eigenvalue weighted by molar-refractivity contribution is 0.669. The zero-order valence-corrected chi connectivity index (χ0v) is 28.5. The molecule has 0 radical (unpaired) electrons. The topological polar surface area (TPSA) is 69.9 Å². The molecule has 0 fully saturated rings. The number of para-hydroxylation sites is 2. The van der Waals surface area contributed by atoms with Gasteiger partial charge in [-0.05, 0) is 46.9 Å². The molecule has 8 aromatic carbocycles. The number of fused-ring (bicyclic) bond motifs is 9. The smallest absolute Gasteiger partial charge is 0.238 e. The molecule has 0 spiro atoms. The van der Waals surface area contributed by atoms with Crippen LogP contribution < -0.4 is 0 Å². The molecule has 266 valence electrons. The number of aromatic nitrogens is 4. The Bertz CT molecular complexity index is 4940. The first-order valence-electron chi connectivity index (χ1n) is 29.5. The maximum atomic E-state index is 9.93.